The Morgan fingerprint density at radius 3 is 2.12 bits per heavy atom. The molecule has 0 saturated heterocycles. The van der Waals surface area contributed by atoms with E-state index in [-0.39, 0.29) is 5.22 Å². The average molecular weight is 295 g/mol. The lowest BCUT2D eigenvalue weighted by Gasteiger charge is -2.37. The molecule has 2 atom stereocenters. The lowest BCUT2D eigenvalue weighted by atomic mass is 10.3. The van der Waals surface area contributed by atoms with Crippen molar-refractivity contribution in [1.82, 2.24) is 0 Å². The Morgan fingerprint density at radius 1 is 1.29 bits per heavy atom. The molecule has 104 valence electrons. The zero-order valence-electron chi connectivity index (χ0n) is 12.5. The van der Waals surface area contributed by atoms with Crippen LogP contribution in [0.1, 0.15) is 20.3 Å². The standard InChI is InChI=1S/C11H30O3Si3/c1-8-11(2,14-15(4)5)16(13-3)9-10-17(6,7)12/h12,15-16H,8-10H2,1-7H3/t11-,16?/m0/s1. The van der Waals surface area contributed by atoms with Crippen LogP contribution in [0.5, 0.6) is 0 Å². The molecule has 0 rings (SSSR count). The number of hydrogen-bond donors (Lipinski definition) is 1. The summed E-state index contributed by atoms with van der Waals surface area (Å²) in [6.45, 7) is 12.8. The predicted molar refractivity (Wildman–Crippen MR) is 82.1 cm³/mol. The maximum atomic E-state index is 9.96. The van der Waals surface area contributed by atoms with Crippen molar-refractivity contribution >= 4 is 26.4 Å². The third-order valence-corrected chi connectivity index (χ3v) is 9.85. The van der Waals surface area contributed by atoms with Crippen molar-refractivity contribution in [2.45, 2.75) is 63.8 Å². The third kappa shape index (κ3) is 6.88. The summed E-state index contributed by atoms with van der Waals surface area (Å²) in [4.78, 5) is 9.96. The van der Waals surface area contributed by atoms with Gasteiger partial charge >= 0.3 is 0 Å². The van der Waals surface area contributed by atoms with Gasteiger partial charge in [0.2, 0.25) is 9.04 Å². The van der Waals surface area contributed by atoms with Crippen molar-refractivity contribution in [3.8, 4) is 0 Å². The second kappa shape index (κ2) is 7.20. The summed E-state index contributed by atoms with van der Waals surface area (Å²) in [6.07, 6.45) is 1.01. The first-order valence-electron chi connectivity index (χ1n) is 6.57. The van der Waals surface area contributed by atoms with E-state index < -0.39 is 26.4 Å². The summed E-state index contributed by atoms with van der Waals surface area (Å²) in [5, 5.41) is -0.0607. The second-order valence-electron chi connectivity index (χ2n) is 5.91. The Balaban J connectivity index is 4.58. The highest BCUT2D eigenvalue weighted by Crippen LogP contribution is 2.26. The van der Waals surface area contributed by atoms with E-state index in [9.17, 15) is 4.80 Å². The quantitative estimate of drug-likeness (QED) is 0.698. The first-order chi connectivity index (χ1) is 7.64. The average Bonchev–Trinajstić information content (AvgIpc) is 2.15. The molecule has 0 spiro atoms. The van der Waals surface area contributed by atoms with E-state index in [1.807, 2.05) is 20.2 Å². The molecule has 6 heteroatoms. The summed E-state index contributed by atoms with van der Waals surface area (Å²) in [5.74, 6) is 0. The number of hydrogen-bond acceptors (Lipinski definition) is 3. The molecule has 0 aliphatic heterocycles. The summed E-state index contributed by atoms with van der Waals surface area (Å²) < 4.78 is 12.0. The molecule has 0 aromatic carbocycles. The van der Waals surface area contributed by atoms with Crippen LogP contribution < -0.4 is 0 Å². The van der Waals surface area contributed by atoms with E-state index in [1.165, 1.54) is 0 Å². The zero-order chi connectivity index (χ0) is 13.7. The molecule has 0 heterocycles. The van der Waals surface area contributed by atoms with E-state index in [4.69, 9.17) is 8.85 Å². The Kier molecular flexibility index (Phi) is 7.43. The smallest absolute Gasteiger partial charge is 0.206 e. The molecule has 0 bridgehead atoms. The van der Waals surface area contributed by atoms with Gasteiger partial charge in [0.15, 0.2) is 17.4 Å². The minimum absolute atomic E-state index is 0.0607. The zero-order valence-corrected chi connectivity index (χ0v) is 15.8. The molecule has 1 N–H and O–H groups in total. The van der Waals surface area contributed by atoms with Gasteiger partial charge in [-0.25, -0.2) is 0 Å². The van der Waals surface area contributed by atoms with Gasteiger partial charge in [0.1, 0.15) is 0 Å². The van der Waals surface area contributed by atoms with Gasteiger partial charge in [-0.2, -0.15) is 0 Å². The SMILES string of the molecule is CC[C@@](C)(O[SiH](C)C)[SiH](CC[Si](C)(C)O)OC. The van der Waals surface area contributed by atoms with Crippen molar-refractivity contribution in [2.24, 2.45) is 0 Å². The monoisotopic (exact) mass is 294 g/mol. The predicted octanol–water partition coefficient (Wildman–Crippen LogP) is 2.26. The Labute approximate surface area is 111 Å². The van der Waals surface area contributed by atoms with Crippen molar-refractivity contribution in [3.05, 3.63) is 0 Å². The van der Waals surface area contributed by atoms with Gasteiger partial charge in [0.05, 0.1) is 5.22 Å². The molecule has 0 fully saturated rings. The maximum Gasteiger partial charge on any atom is 0.206 e. The van der Waals surface area contributed by atoms with Crippen LogP contribution in [-0.2, 0) is 8.85 Å². The topological polar surface area (TPSA) is 38.7 Å². The first kappa shape index (κ1) is 17.5. The lowest BCUT2D eigenvalue weighted by molar-refractivity contribution is 0.141. The lowest BCUT2D eigenvalue weighted by Crippen LogP contribution is -2.49. The summed E-state index contributed by atoms with van der Waals surface area (Å²) >= 11 is 0. The summed E-state index contributed by atoms with van der Waals surface area (Å²) in [6, 6.07) is 1.95. The highest BCUT2D eigenvalue weighted by atomic mass is 28.4. The van der Waals surface area contributed by atoms with Crippen molar-refractivity contribution < 1.29 is 13.6 Å². The van der Waals surface area contributed by atoms with Gasteiger partial charge in [-0.15, -0.1) is 0 Å². The van der Waals surface area contributed by atoms with Crippen LogP contribution >= 0.6 is 0 Å². The molecule has 0 radical (unpaired) electrons. The highest BCUT2D eigenvalue weighted by molar-refractivity contribution is 6.71. The van der Waals surface area contributed by atoms with E-state index in [1.54, 1.807) is 0 Å². The first-order valence-corrected chi connectivity index (χ1v) is 14.4. The van der Waals surface area contributed by atoms with Crippen molar-refractivity contribution in [3.63, 3.8) is 0 Å². The minimum Gasteiger partial charge on any atom is -0.432 e. The van der Waals surface area contributed by atoms with Gasteiger partial charge in [-0.05, 0) is 51.6 Å². The van der Waals surface area contributed by atoms with Crippen LogP contribution in [0.25, 0.3) is 0 Å². The van der Waals surface area contributed by atoms with Gasteiger partial charge in [0, 0.05) is 7.11 Å². The Bertz CT molecular complexity index is 218. The van der Waals surface area contributed by atoms with Gasteiger partial charge in [-0.1, -0.05) is 6.92 Å². The van der Waals surface area contributed by atoms with E-state index >= 15 is 0 Å². The highest BCUT2D eigenvalue weighted by Gasteiger charge is 2.37. The molecule has 0 aliphatic rings. The van der Waals surface area contributed by atoms with Crippen molar-refractivity contribution in [1.29, 1.82) is 0 Å². The molecule has 3 nitrogen and oxygen atoms in total. The maximum absolute atomic E-state index is 9.96. The van der Waals surface area contributed by atoms with Gasteiger partial charge < -0.3 is 13.6 Å². The normalized spacial score (nSPS) is 18.2. The van der Waals surface area contributed by atoms with E-state index in [0.29, 0.717) is 0 Å². The van der Waals surface area contributed by atoms with Gasteiger partial charge in [-0.3, -0.25) is 0 Å². The molecular weight excluding hydrogens is 264 g/mol. The van der Waals surface area contributed by atoms with Crippen LogP contribution in [0.15, 0.2) is 0 Å². The summed E-state index contributed by atoms with van der Waals surface area (Å²) in [7, 11) is -2.61. The fourth-order valence-electron chi connectivity index (χ4n) is 2.08. The molecule has 1 unspecified atom stereocenters. The van der Waals surface area contributed by atoms with Crippen LogP contribution in [-0.4, -0.2) is 43.5 Å². The Hall–Kier alpha value is 0.531. The molecular formula is C11H30O3Si3. The van der Waals surface area contributed by atoms with Gasteiger partial charge in [0.25, 0.3) is 0 Å². The fraction of sp³-hybridized carbons (Fsp3) is 1.00. The van der Waals surface area contributed by atoms with Crippen LogP contribution in [0.3, 0.4) is 0 Å². The van der Waals surface area contributed by atoms with E-state index in [0.717, 1.165) is 18.5 Å². The molecule has 0 aromatic heterocycles. The molecule has 0 amide bonds. The van der Waals surface area contributed by atoms with Crippen LogP contribution in [0.2, 0.25) is 38.3 Å². The van der Waals surface area contributed by atoms with Crippen LogP contribution in [0, 0.1) is 0 Å². The molecule has 17 heavy (non-hydrogen) atoms. The second-order valence-corrected chi connectivity index (χ2v) is 15.6. The third-order valence-electron chi connectivity index (χ3n) is 3.19. The molecule has 0 aliphatic carbocycles. The summed E-state index contributed by atoms with van der Waals surface area (Å²) in [5.41, 5.74) is 0. The number of rotatable bonds is 8. The minimum atomic E-state index is -1.96. The Morgan fingerprint density at radius 2 is 1.82 bits per heavy atom. The van der Waals surface area contributed by atoms with Crippen molar-refractivity contribution in [2.75, 3.05) is 7.11 Å². The molecule has 0 aromatic rings. The largest absolute Gasteiger partial charge is 0.432 e. The van der Waals surface area contributed by atoms with Crippen LogP contribution in [0.4, 0.5) is 0 Å². The fourth-order valence-corrected chi connectivity index (χ4v) is 10.4. The van der Waals surface area contributed by atoms with E-state index in [2.05, 4.69) is 26.9 Å². The molecule has 0 saturated carbocycles.